The number of amides is 2. The molecule has 23 heavy (non-hydrogen) atoms. The largest absolute Gasteiger partial charge is 0.499 e. The van der Waals surface area contributed by atoms with E-state index in [2.05, 4.69) is 4.72 Å². The van der Waals surface area contributed by atoms with E-state index in [4.69, 9.17) is 4.74 Å². The third-order valence-electron chi connectivity index (χ3n) is 3.76. The lowest BCUT2D eigenvalue weighted by Crippen LogP contribution is -2.52. The molecule has 0 bridgehead atoms. The average Bonchev–Trinajstić information content (AvgIpc) is 2.82. The van der Waals surface area contributed by atoms with E-state index in [1.165, 1.54) is 20.1 Å². The summed E-state index contributed by atoms with van der Waals surface area (Å²) in [6.07, 6.45) is 3.60. The molecule has 1 rings (SSSR count). The van der Waals surface area contributed by atoms with Gasteiger partial charge in [-0.25, -0.2) is 13.1 Å². The summed E-state index contributed by atoms with van der Waals surface area (Å²) in [5.74, 6) is -0.648. The lowest BCUT2D eigenvalue weighted by atomic mass is 10.1. The summed E-state index contributed by atoms with van der Waals surface area (Å²) in [6, 6.07) is -1.40. The van der Waals surface area contributed by atoms with Crippen LogP contribution in [0.4, 0.5) is 0 Å². The number of methoxy groups -OCH3 is 1. The molecule has 0 aromatic rings. The van der Waals surface area contributed by atoms with Gasteiger partial charge in [0.15, 0.2) is 0 Å². The van der Waals surface area contributed by atoms with Gasteiger partial charge in [-0.1, -0.05) is 26.7 Å². The number of ether oxygens (including phenoxy) is 1. The molecule has 0 saturated carbocycles. The standard InChI is InChI=1S/C15H26N2O5S/c1-5-8-11(16-23(20,21)7-3)15(19)17-12(9-6-2)13(22-4)10-14(17)18/h10-12,16H,5-9H2,1-4H3/t11-,12+/m1/s1. The summed E-state index contributed by atoms with van der Waals surface area (Å²) in [6.45, 7) is 5.30. The molecule has 0 saturated heterocycles. The van der Waals surface area contributed by atoms with Gasteiger partial charge in [0.1, 0.15) is 11.8 Å². The minimum atomic E-state index is -3.54. The Balaban J connectivity index is 3.04. The Hall–Kier alpha value is -1.41. The third kappa shape index (κ3) is 4.78. The number of hydrogen-bond acceptors (Lipinski definition) is 5. The van der Waals surface area contributed by atoms with E-state index in [0.717, 1.165) is 11.3 Å². The molecule has 132 valence electrons. The Morgan fingerprint density at radius 3 is 2.48 bits per heavy atom. The van der Waals surface area contributed by atoms with E-state index in [1.807, 2.05) is 13.8 Å². The van der Waals surface area contributed by atoms with Crippen LogP contribution in [-0.2, 0) is 24.3 Å². The third-order valence-corrected chi connectivity index (χ3v) is 5.16. The van der Waals surface area contributed by atoms with Crippen molar-refractivity contribution in [2.75, 3.05) is 12.9 Å². The van der Waals surface area contributed by atoms with E-state index < -0.39 is 33.9 Å². The molecule has 2 atom stereocenters. The lowest BCUT2D eigenvalue weighted by Gasteiger charge is -2.28. The first-order chi connectivity index (χ1) is 10.8. The van der Waals surface area contributed by atoms with E-state index >= 15 is 0 Å². The minimum Gasteiger partial charge on any atom is -0.499 e. The van der Waals surface area contributed by atoms with Crippen LogP contribution in [0.5, 0.6) is 0 Å². The van der Waals surface area contributed by atoms with Crippen LogP contribution in [0, 0.1) is 0 Å². The van der Waals surface area contributed by atoms with Crippen LogP contribution in [0.15, 0.2) is 11.8 Å². The first-order valence-corrected chi connectivity index (χ1v) is 9.59. The van der Waals surface area contributed by atoms with Gasteiger partial charge in [-0.3, -0.25) is 14.5 Å². The maximum atomic E-state index is 12.8. The number of hydrogen-bond donors (Lipinski definition) is 1. The van der Waals surface area contributed by atoms with Gasteiger partial charge in [-0.05, 0) is 19.8 Å². The molecule has 0 radical (unpaired) electrons. The van der Waals surface area contributed by atoms with Crippen molar-refractivity contribution in [1.29, 1.82) is 0 Å². The topological polar surface area (TPSA) is 92.8 Å². The number of nitrogens with zero attached hydrogens (tertiary/aromatic N) is 1. The van der Waals surface area contributed by atoms with Crippen LogP contribution >= 0.6 is 0 Å². The number of imide groups is 1. The molecule has 0 aromatic heterocycles. The van der Waals surface area contributed by atoms with Crippen molar-refractivity contribution in [2.24, 2.45) is 0 Å². The van der Waals surface area contributed by atoms with Crippen LogP contribution < -0.4 is 4.72 Å². The molecule has 2 amide bonds. The summed E-state index contributed by atoms with van der Waals surface area (Å²) in [5.41, 5.74) is 0. The Morgan fingerprint density at radius 1 is 1.35 bits per heavy atom. The molecule has 0 unspecified atom stereocenters. The van der Waals surface area contributed by atoms with Crippen LogP contribution in [0.1, 0.15) is 46.5 Å². The summed E-state index contributed by atoms with van der Waals surface area (Å²) < 4.78 is 31.2. The number of carbonyl (C=O) groups excluding carboxylic acids is 2. The first-order valence-electron chi connectivity index (χ1n) is 7.93. The second-order valence-corrected chi connectivity index (χ2v) is 7.51. The highest BCUT2D eigenvalue weighted by Crippen LogP contribution is 2.25. The number of nitrogens with one attached hydrogen (secondary N) is 1. The maximum absolute atomic E-state index is 12.8. The predicted octanol–water partition coefficient (Wildman–Crippen LogP) is 1.16. The van der Waals surface area contributed by atoms with Crippen molar-refractivity contribution >= 4 is 21.8 Å². The Bertz CT molecular complexity index is 570. The average molecular weight is 346 g/mol. The lowest BCUT2D eigenvalue weighted by molar-refractivity contribution is -0.144. The SMILES string of the molecule is CCC[C@@H](NS(=O)(=O)CC)C(=O)N1C(=O)C=C(OC)[C@@H]1CCC. The minimum absolute atomic E-state index is 0.117. The molecule has 1 heterocycles. The smallest absolute Gasteiger partial charge is 0.257 e. The van der Waals surface area contributed by atoms with Crippen molar-refractivity contribution in [3.05, 3.63) is 11.8 Å². The Kier molecular flexibility index (Phi) is 7.21. The molecular formula is C15H26N2O5S. The fourth-order valence-corrected chi connectivity index (χ4v) is 3.38. The van der Waals surface area contributed by atoms with E-state index in [-0.39, 0.29) is 5.75 Å². The van der Waals surface area contributed by atoms with Gasteiger partial charge in [0.2, 0.25) is 15.9 Å². The highest BCUT2D eigenvalue weighted by atomic mass is 32.2. The molecule has 8 heteroatoms. The molecular weight excluding hydrogens is 320 g/mol. The van der Waals surface area contributed by atoms with Gasteiger partial charge < -0.3 is 4.74 Å². The van der Waals surface area contributed by atoms with Crippen molar-refractivity contribution < 1.29 is 22.7 Å². The summed E-state index contributed by atoms with van der Waals surface area (Å²) >= 11 is 0. The van der Waals surface area contributed by atoms with E-state index in [0.29, 0.717) is 25.0 Å². The monoisotopic (exact) mass is 346 g/mol. The van der Waals surface area contributed by atoms with Crippen molar-refractivity contribution in [2.45, 2.75) is 58.5 Å². The van der Waals surface area contributed by atoms with Crippen molar-refractivity contribution in [1.82, 2.24) is 9.62 Å². The molecule has 1 aliphatic rings. The first kappa shape index (κ1) is 19.6. The summed E-state index contributed by atoms with van der Waals surface area (Å²) in [4.78, 5) is 26.1. The van der Waals surface area contributed by atoms with E-state index in [9.17, 15) is 18.0 Å². The normalized spacial score (nSPS) is 19.7. The number of rotatable bonds is 9. The molecule has 1 N–H and O–H groups in total. The highest BCUT2D eigenvalue weighted by molar-refractivity contribution is 7.89. The maximum Gasteiger partial charge on any atom is 0.257 e. The quantitative estimate of drug-likeness (QED) is 0.676. The zero-order valence-electron chi connectivity index (χ0n) is 14.2. The fraction of sp³-hybridized carbons (Fsp3) is 0.733. The highest BCUT2D eigenvalue weighted by Gasteiger charge is 2.40. The summed E-state index contributed by atoms with van der Waals surface area (Å²) in [7, 11) is -2.08. The van der Waals surface area contributed by atoms with Crippen LogP contribution in [0.25, 0.3) is 0 Å². The van der Waals surface area contributed by atoms with Gasteiger partial charge in [0.05, 0.1) is 18.9 Å². The van der Waals surface area contributed by atoms with Crippen LogP contribution in [0.3, 0.4) is 0 Å². The Morgan fingerprint density at radius 2 is 2.00 bits per heavy atom. The van der Waals surface area contributed by atoms with Crippen LogP contribution in [0.2, 0.25) is 0 Å². The van der Waals surface area contributed by atoms with Gasteiger partial charge in [-0.15, -0.1) is 0 Å². The number of sulfonamides is 1. The molecule has 0 aliphatic carbocycles. The zero-order valence-corrected chi connectivity index (χ0v) is 15.0. The van der Waals surface area contributed by atoms with Crippen LogP contribution in [-0.4, -0.2) is 50.1 Å². The molecule has 0 aromatic carbocycles. The molecule has 0 spiro atoms. The van der Waals surface area contributed by atoms with Gasteiger partial charge in [-0.2, -0.15) is 0 Å². The van der Waals surface area contributed by atoms with Gasteiger partial charge in [0, 0.05) is 6.08 Å². The Labute approximate surface area is 138 Å². The second-order valence-electron chi connectivity index (χ2n) is 5.46. The van der Waals surface area contributed by atoms with Crippen molar-refractivity contribution in [3.8, 4) is 0 Å². The van der Waals surface area contributed by atoms with Crippen molar-refractivity contribution in [3.63, 3.8) is 0 Å². The fourth-order valence-electron chi connectivity index (χ4n) is 2.56. The van der Waals surface area contributed by atoms with E-state index in [1.54, 1.807) is 0 Å². The second kappa shape index (κ2) is 8.44. The molecule has 7 nitrogen and oxygen atoms in total. The van der Waals surface area contributed by atoms with Gasteiger partial charge >= 0.3 is 0 Å². The summed E-state index contributed by atoms with van der Waals surface area (Å²) in [5, 5.41) is 0. The predicted molar refractivity (Wildman–Crippen MR) is 86.9 cm³/mol. The number of carbonyl (C=O) groups is 2. The molecule has 0 fully saturated rings. The molecule has 1 aliphatic heterocycles. The van der Waals surface area contributed by atoms with Gasteiger partial charge in [0.25, 0.3) is 5.91 Å². The zero-order chi connectivity index (χ0) is 17.6.